The molecule has 0 heterocycles. The van der Waals surface area contributed by atoms with Crippen molar-refractivity contribution in [1.29, 1.82) is 0 Å². The van der Waals surface area contributed by atoms with Crippen LogP contribution in [0.25, 0.3) is 0 Å². The van der Waals surface area contributed by atoms with Crippen molar-refractivity contribution >= 4 is 29.9 Å². The van der Waals surface area contributed by atoms with E-state index in [1.165, 1.54) is 18.7 Å². The van der Waals surface area contributed by atoms with Gasteiger partial charge in [-0.2, -0.15) is 8.78 Å². The van der Waals surface area contributed by atoms with Crippen LogP contribution >= 0.6 is 24.0 Å². The number of halogens is 3. The Bertz CT molecular complexity index is 757. The van der Waals surface area contributed by atoms with Gasteiger partial charge in [0.2, 0.25) is 0 Å². The van der Waals surface area contributed by atoms with Gasteiger partial charge in [-0.05, 0) is 30.2 Å². The summed E-state index contributed by atoms with van der Waals surface area (Å²) < 4.78 is 34.9. The number of aliphatic imine (C=N–C) groups is 1. The number of methoxy groups -OCH3 is 1. The number of nitrogens with one attached hydrogen (secondary N) is 2. The molecule has 0 aliphatic rings. The summed E-state index contributed by atoms with van der Waals surface area (Å²) in [5.41, 5.74) is 2.91. The SMILES string of the molecule is CN=C(NCc1ccccc1C)NCc1ccc(OC)cc1OC(F)F.I. The van der Waals surface area contributed by atoms with Crippen molar-refractivity contribution in [3.8, 4) is 11.5 Å². The summed E-state index contributed by atoms with van der Waals surface area (Å²) >= 11 is 0. The lowest BCUT2D eigenvalue weighted by atomic mass is 10.1. The van der Waals surface area contributed by atoms with Crippen LogP contribution in [0.15, 0.2) is 47.5 Å². The highest BCUT2D eigenvalue weighted by atomic mass is 127. The van der Waals surface area contributed by atoms with Crippen LogP contribution in [0.5, 0.6) is 11.5 Å². The van der Waals surface area contributed by atoms with E-state index in [1.807, 2.05) is 31.2 Å². The quantitative estimate of drug-likeness (QED) is 0.348. The fourth-order valence-electron chi connectivity index (χ4n) is 2.40. The number of nitrogens with zero attached hydrogens (tertiary/aromatic N) is 1. The maximum Gasteiger partial charge on any atom is 0.387 e. The first-order chi connectivity index (χ1) is 12.5. The van der Waals surface area contributed by atoms with Gasteiger partial charge >= 0.3 is 6.61 Å². The Labute approximate surface area is 175 Å². The van der Waals surface area contributed by atoms with Crippen molar-refractivity contribution in [2.75, 3.05) is 14.2 Å². The lowest BCUT2D eigenvalue weighted by Gasteiger charge is -2.16. The van der Waals surface area contributed by atoms with Gasteiger partial charge < -0.3 is 20.1 Å². The fourth-order valence-corrected chi connectivity index (χ4v) is 2.40. The zero-order valence-corrected chi connectivity index (χ0v) is 17.8. The summed E-state index contributed by atoms with van der Waals surface area (Å²) in [7, 11) is 3.12. The average Bonchev–Trinajstić information content (AvgIpc) is 2.63. The third-order valence-electron chi connectivity index (χ3n) is 3.87. The molecular formula is C19H24F2IN3O2. The van der Waals surface area contributed by atoms with Crippen LogP contribution in [0.1, 0.15) is 16.7 Å². The van der Waals surface area contributed by atoms with Gasteiger partial charge in [-0.3, -0.25) is 4.99 Å². The highest BCUT2D eigenvalue weighted by molar-refractivity contribution is 14.0. The van der Waals surface area contributed by atoms with Crippen molar-refractivity contribution in [2.45, 2.75) is 26.6 Å². The maximum absolute atomic E-state index is 12.6. The normalized spacial score (nSPS) is 11.0. The number of rotatable bonds is 7. The van der Waals surface area contributed by atoms with Gasteiger partial charge in [0.15, 0.2) is 5.96 Å². The molecule has 0 aromatic heterocycles. The lowest BCUT2D eigenvalue weighted by Crippen LogP contribution is -2.36. The molecule has 0 spiro atoms. The van der Waals surface area contributed by atoms with Crippen LogP contribution in [0.2, 0.25) is 0 Å². The smallest absolute Gasteiger partial charge is 0.387 e. The second-order valence-electron chi connectivity index (χ2n) is 5.56. The fraction of sp³-hybridized carbons (Fsp3) is 0.316. The van der Waals surface area contributed by atoms with Crippen molar-refractivity contribution in [1.82, 2.24) is 10.6 Å². The Morgan fingerprint density at radius 2 is 1.74 bits per heavy atom. The van der Waals surface area contributed by atoms with Crippen LogP contribution in [-0.2, 0) is 13.1 Å². The molecule has 0 radical (unpaired) electrons. The monoisotopic (exact) mass is 491 g/mol. The van der Waals surface area contributed by atoms with Gasteiger partial charge in [0.1, 0.15) is 11.5 Å². The number of alkyl halides is 2. The van der Waals surface area contributed by atoms with Crippen molar-refractivity contribution in [3.05, 3.63) is 59.2 Å². The predicted octanol–water partition coefficient (Wildman–Crippen LogP) is 4.09. The van der Waals surface area contributed by atoms with Gasteiger partial charge in [-0.25, -0.2) is 0 Å². The molecule has 27 heavy (non-hydrogen) atoms. The van der Waals surface area contributed by atoms with E-state index < -0.39 is 6.61 Å². The largest absolute Gasteiger partial charge is 0.497 e. The van der Waals surface area contributed by atoms with Crippen LogP contribution in [0, 0.1) is 6.92 Å². The van der Waals surface area contributed by atoms with Crippen molar-refractivity contribution < 1.29 is 18.3 Å². The molecule has 0 amide bonds. The standard InChI is InChI=1S/C19H23F2N3O2.HI/c1-13-6-4-5-7-14(13)11-23-19(22-2)24-12-15-8-9-16(25-3)10-17(15)26-18(20)21;/h4-10,18H,11-12H2,1-3H3,(H2,22,23,24);1H. The van der Waals surface area contributed by atoms with E-state index >= 15 is 0 Å². The van der Waals surface area contributed by atoms with Crippen molar-refractivity contribution in [2.24, 2.45) is 4.99 Å². The minimum Gasteiger partial charge on any atom is -0.497 e. The molecule has 5 nitrogen and oxygen atoms in total. The van der Waals surface area contributed by atoms with E-state index in [4.69, 9.17) is 4.74 Å². The number of guanidine groups is 1. The van der Waals surface area contributed by atoms with E-state index in [-0.39, 0.29) is 36.3 Å². The molecule has 0 unspecified atom stereocenters. The highest BCUT2D eigenvalue weighted by Crippen LogP contribution is 2.26. The number of ether oxygens (including phenoxy) is 2. The number of aryl methyl sites for hydroxylation is 1. The number of hydrogen-bond donors (Lipinski definition) is 2. The molecule has 148 valence electrons. The third kappa shape index (κ3) is 7.20. The molecule has 8 heteroatoms. The summed E-state index contributed by atoms with van der Waals surface area (Å²) in [6.07, 6.45) is 0. The zero-order chi connectivity index (χ0) is 18.9. The molecular weight excluding hydrogens is 467 g/mol. The second kappa shape index (κ2) is 11.6. The molecule has 0 aliphatic carbocycles. The van der Waals surface area contributed by atoms with Crippen LogP contribution in [0.3, 0.4) is 0 Å². The molecule has 0 bridgehead atoms. The topological polar surface area (TPSA) is 54.9 Å². The van der Waals surface area contributed by atoms with Crippen LogP contribution in [-0.4, -0.2) is 26.7 Å². The molecule has 2 aromatic rings. The first-order valence-corrected chi connectivity index (χ1v) is 8.14. The molecule has 0 atom stereocenters. The Morgan fingerprint density at radius 1 is 1.07 bits per heavy atom. The summed E-state index contributed by atoms with van der Waals surface area (Å²) in [6, 6.07) is 12.8. The Morgan fingerprint density at radius 3 is 2.33 bits per heavy atom. The first kappa shape index (κ1) is 22.9. The Hall–Kier alpha value is -2.10. The third-order valence-corrected chi connectivity index (χ3v) is 3.87. The van der Waals surface area contributed by atoms with Crippen LogP contribution < -0.4 is 20.1 Å². The molecule has 0 saturated carbocycles. The van der Waals surface area contributed by atoms with Gasteiger partial charge in [0.05, 0.1) is 7.11 Å². The van der Waals surface area contributed by atoms with Gasteiger partial charge in [0, 0.05) is 31.8 Å². The minimum absolute atomic E-state index is 0. The summed E-state index contributed by atoms with van der Waals surface area (Å²) in [6.45, 7) is 0.0206. The summed E-state index contributed by atoms with van der Waals surface area (Å²) in [5, 5.41) is 6.30. The molecule has 0 fully saturated rings. The number of hydrogen-bond acceptors (Lipinski definition) is 3. The molecule has 0 saturated heterocycles. The summed E-state index contributed by atoms with van der Waals surface area (Å²) in [5.74, 6) is 1.08. The van der Waals surface area contributed by atoms with Gasteiger partial charge in [-0.15, -0.1) is 24.0 Å². The molecule has 0 aliphatic heterocycles. The molecule has 2 rings (SSSR count). The van der Waals surface area contributed by atoms with Gasteiger partial charge in [0.25, 0.3) is 0 Å². The van der Waals surface area contributed by atoms with E-state index in [9.17, 15) is 8.78 Å². The van der Waals surface area contributed by atoms with E-state index in [0.717, 1.165) is 5.56 Å². The Kier molecular flexibility index (Phi) is 9.84. The zero-order valence-electron chi connectivity index (χ0n) is 15.5. The first-order valence-electron chi connectivity index (χ1n) is 8.14. The van der Waals surface area contributed by atoms with Crippen LogP contribution in [0.4, 0.5) is 8.78 Å². The highest BCUT2D eigenvalue weighted by Gasteiger charge is 2.12. The number of benzene rings is 2. The second-order valence-corrected chi connectivity index (χ2v) is 5.56. The van der Waals surface area contributed by atoms with Crippen molar-refractivity contribution in [3.63, 3.8) is 0 Å². The molecule has 2 N–H and O–H groups in total. The molecule has 2 aromatic carbocycles. The summed E-state index contributed by atoms with van der Waals surface area (Å²) in [4.78, 5) is 4.15. The predicted molar refractivity (Wildman–Crippen MR) is 113 cm³/mol. The van der Waals surface area contributed by atoms with E-state index in [1.54, 1.807) is 19.2 Å². The maximum atomic E-state index is 12.6. The Balaban J connectivity index is 0.00000364. The van der Waals surface area contributed by atoms with Gasteiger partial charge in [-0.1, -0.05) is 24.3 Å². The van der Waals surface area contributed by atoms with E-state index in [2.05, 4.69) is 20.4 Å². The minimum atomic E-state index is -2.90. The average molecular weight is 491 g/mol. The van der Waals surface area contributed by atoms with E-state index in [0.29, 0.717) is 23.8 Å². The lowest BCUT2D eigenvalue weighted by molar-refractivity contribution is -0.0505.